The first-order valence-electron chi connectivity index (χ1n) is 8.71. The van der Waals surface area contributed by atoms with E-state index in [1.54, 1.807) is 18.3 Å². The van der Waals surface area contributed by atoms with Crippen LogP contribution >= 0.6 is 15.9 Å². The number of ether oxygens (including phenoxy) is 1. The summed E-state index contributed by atoms with van der Waals surface area (Å²) in [6.45, 7) is 3.04. The number of nitrogens with zero attached hydrogens (tertiary/aromatic N) is 1. The first-order chi connectivity index (χ1) is 12.2. The number of unbranched alkanes of at least 4 members (excludes halogenated alkanes) is 3. The van der Waals surface area contributed by atoms with Crippen molar-refractivity contribution in [1.29, 1.82) is 0 Å². The van der Waals surface area contributed by atoms with Gasteiger partial charge in [-0.3, -0.25) is 9.79 Å². The molecule has 3 nitrogen and oxygen atoms in total. The lowest BCUT2D eigenvalue weighted by atomic mass is 10.1. The van der Waals surface area contributed by atoms with E-state index in [2.05, 4.69) is 27.8 Å². The minimum Gasteiger partial charge on any atom is -0.493 e. The highest BCUT2D eigenvalue weighted by Crippen LogP contribution is 2.17. The number of carbonyl (C=O) groups is 1. The Hall–Kier alpha value is -1.94. The second kappa shape index (κ2) is 10.8. The van der Waals surface area contributed by atoms with Crippen LogP contribution in [-0.2, 0) is 0 Å². The van der Waals surface area contributed by atoms with Gasteiger partial charge in [0.1, 0.15) is 12.3 Å². The summed E-state index contributed by atoms with van der Waals surface area (Å²) in [6.07, 6.45) is 6.42. The van der Waals surface area contributed by atoms with Crippen LogP contribution in [0.25, 0.3) is 0 Å². The van der Waals surface area contributed by atoms with Crippen LogP contribution < -0.4 is 4.74 Å². The predicted octanol–water partition coefficient (Wildman–Crippen LogP) is 5.71. The molecule has 0 aliphatic rings. The van der Waals surface area contributed by atoms with Gasteiger partial charge < -0.3 is 4.74 Å². The standard InChI is InChI=1S/C21H24BrNO2/c1-2-3-4-7-14-25-21-9-6-5-8-18(21)15-23-16-20(24)17-10-12-19(22)13-11-17/h5-6,8-13,15H,2-4,7,14,16H2,1H3. The molecule has 0 N–H and O–H groups in total. The van der Waals surface area contributed by atoms with Gasteiger partial charge in [-0.2, -0.15) is 0 Å². The van der Waals surface area contributed by atoms with Crippen molar-refractivity contribution < 1.29 is 9.53 Å². The van der Waals surface area contributed by atoms with Crippen molar-refractivity contribution in [2.75, 3.05) is 13.2 Å². The summed E-state index contributed by atoms with van der Waals surface area (Å²) < 4.78 is 6.81. The molecular formula is C21H24BrNO2. The first kappa shape index (κ1) is 19.4. The Morgan fingerprint density at radius 1 is 1.08 bits per heavy atom. The van der Waals surface area contributed by atoms with Gasteiger partial charge in [0.15, 0.2) is 5.78 Å². The van der Waals surface area contributed by atoms with Gasteiger partial charge in [0.05, 0.1) is 6.61 Å². The summed E-state index contributed by atoms with van der Waals surface area (Å²) in [5.41, 5.74) is 1.57. The highest BCUT2D eigenvalue weighted by Gasteiger charge is 2.05. The van der Waals surface area contributed by atoms with Crippen LogP contribution in [0.15, 0.2) is 58.0 Å². The van der Waals surface area contributed by atoms with Crippen LogP contribution in [0.1, 0.15) is 48.5 Å². The Bertz CT molecular complexity index is 695. The lowest BCUT2D eigenvalue weighted by Gasteiger charge is -2.08. The average molecular weight is 402 g/mol. The first-order valence-corrected chi connectivity index (χ1v) is 9.50. The molecule has 0 radical (unpaired) electrons. The van der Waals surface area contributed by atoms with Crippen LogP contribution in [-0.4, -0.2) is 25.1 Å². The Balaban J connectivity index is 1.89. The molecule has 132 valence electrons. The maximum atomic E-state index is 12.1. The van der Waals surface area contributed by atoms with Gasteiger partial charge in [0.2, 0.25) is 0 Å². The third kappa shape index (κ3) is 6.83. The van der Waals surface area contributed by atoms with E-state index in [4.69, 9.17) is 4.74 Å². The van der Waals surface area contributed by atoms with Crippen LogP contribution in [0.5, 0.6) is 5.75 Å². The molecule has 0 bridgehead atoms. The third-order valence-electron chi connectivity index (χ3n) is 3.81. The van der Waals surface area contributed by atoms with Crippen LogP contribution in [0, 0.1) is 0 Å². The largest absolute Gasteiger partial charge is 0.493 e. The molecule has 0 aromatic heterocycles. The van der Waals surface area contributed by atoms with Gasteiger partial charge in [-0.25, -0.2) is 0 Å². The predicted molar refractivity (Wildman–Crippen MR) is 107 cm³/mol. The maximum absolute atomic E-state index is 12.1. The molecule has 0 heterocycles. The fraction of sp³-hybridized carbons (Fsp3) is 0.333. The van der Waals surface area contributed by atoms with Gasteiger partial charge in [-0.05, 0) is 30.7 Å². The lowest BCUT2D eigenvalue weighted by Crippen LogP contribution is -2.04. The third-order valence-corrected chi connectivity index (χ3v) is 4.33. The second-order valence-electron chi connectivity index (χ2n) is 5.85. The normalized spacial score (nSPS) is 11.0. The Morgan fingerprint density at radius 2 is 1.84 bits per heavy atom. The van der Waals surface area contributed by atoms with Crippen molar-refractivity contribution in [2.45, 2.75) is 32.6 Å². The summed E-state index contributed by atoms with van der Waals surface area (Å²) in [5, 5.41) is 0. The molecular weight excluding hydrogens is 378 g/mol. The molecule has 2 rings (SSSR count). The number of Topliss-reactive ketones (excluding diaryl/α,β-unsaturated/α-hetero) is 1. The fourth-order valence-electron chi connectivity index (χ4n) is 2.38. The van der Waals surface area contributed by atoms with E-state index in [9.17, 15) is 4.79 Å². The maximum Gasteiger partial charge on any atom is 0.184 e. The van der Waals surface area contributed by atoms with Gasteiger partial charge in [-0.1, -0.05) is 66.4 Å². The van der Waals surface area contributed by atoms with Crippen molar-refractivity contribution >= 4 is 27.9 Å². The van der Waals surface area contributed by atoms with Crippen molar-refractivity contribution in [3.8, 4) is 5.75 Å². The van der Waals surface area contributed by atoms with Crippen molar-refractivity contribution in [3.63, 3.8) is 0 Å². The molecule has 0 unspecified atom stereocenters. The number of aliphatic imine (C=N–C) groups is 1. The van der Waals surface area contributed by atoms with E-state index in [1.165, 1.54) is 19.3 Å². The molecule has 0 fully saturated rings. The number of carbonyl (C=O) groups excluding carboxylic acids is 1. The minimum absolute atomic E-state index is 0.00159. The molecule has 0 saturated heterocycles. The van der Waals surface area contributed by atoms with Gasteiger partial charge in [0.25, 0.3) is 0 Å². The number of rotatable bonds is 10. The quantitative estimate of drug-likeness (QED) is 0.290. The van der Waals surface area contributed by atoms with Crippen LogP contribution in [0.3, 0.4) is 0 Å². The summed E-state index contributed by atoms with van der Waals surface area (Å²) in [5.74, 6) is 0.820. The van der Waals surface area contributed by atoms with E-state index in [0.29, 0.717) is 12.2 Å². The number of hydrogen-bond donors (Lipinski definition) is 0. The van der Waals surface area contributed by atoms with E-state index >= 15 is 0 Å². The van der Waals surface area contributed by atoms with Gasteiger partial charge in [0, 0.05) is 21.8 Å². The minimum atomic E-state index is 0.00159. The Labute approximate surface area is 158 Å². The average Bonchev–Trinajstić information content (AvgIpc) is 2.63. The number of benzene rings is 2. The molecule has 0 aliphatic carbocycles. The number of para-hydroxylation sites is 1. The smallest absolute Gasteiger partial charge is 0.184 e. The molecule has 0 atom stereocenters. The highest BCUT2D eigenvalue weighted by molar-refractivity contribution is 9.10. The van der Waals surface area contributed by atoms with Crippen molar-refractivity contribution in [1.82, 2.24) is 0 Å². The number of halogens is 1. The lowest BCUT2D eigenvalue weighted by molar-refractivity contribution is 0.100. The SMILES string of the molecule is CCCCCCOc1ccccc1C=NCC(=O)c1ccc(Br)cc1. The Kier molecular flexibility index (Phi) is 8.40. The van der Waals surface area contributed by atoms with Crippen molar-refractivity contribution in [2.24, 2.45) is 4.99 Å². The van der Waals surface area contributed by atoms with Crippen LogP contribution in [0.4, 0.5) is 0 Å². The summed E-state index contributed by atoms with van der Waals surface area (Å²) >= 11 is 3.37. The highest BCUT2D eigenvalue weighted by atomic mass is 79.9. The Morgan fingerprint density at radius 3 is 2.60 bits per heavy atom. The summed E-state index contributed by atoms with van der Waals surface area (Å²) in [7, 11) is 0. The summed E-state index contributed by atoms with van der Waals surface area (Å²) in [4.78, 5) is 16.4. The molecule has 2 aromatic carbocycles. The molecule has 0 spiro atoms. The zero-order valence-electron chi connectivity index (χ0n) is 14.6. The van der Waals surface area contributed by atoms with Crippen LogP contribution in [0.2, 0.25) is 0 Å². The van der Waals surface area contributed by atoms with E-state index < -0.39 is 0 Å². The van der Waals surface area contributed by atoms with E-state index in [1.807, 2.05) is 36.4 Å². The van der Waals surface area contributed by atoms with E-state index in [0.717, 1.165) is 22.2 Å². The monoisotopic (exact) mass is 401 g/mol. The summed E-state index contributed by atoms with van der Waals surface area (Å²) in [6, 6.07) is 15.1. The number of ketones is 1. The number of hydrogen-bond acceptors (Lipinski definition) is 3. The van der Waals surface area contributed by atoms with Gasteiger partial charge >= 0.3 is 0 Å². The molecule has 0 aliphatic heterocycles. The molecule has 2 aromatic rings. The molecule has 0 amide bonds. The molecule has 0 saturated carbocycles. The van der Waals surface area contributed by atoms with Gasteiger partial charge in [-0.15, -0.1) is 0 Å². The molecule has 25 heavy (non-hydrogen) atoms. The fourth-order valence-corrected chi connectivity index (χ4v) is 2.65. The second-order valence-corrected chi connectivity index (χ2v) is 6.76. The topological polar surface area (TPSA) is 38.7 Å². The zero-order valence-corrected chi connectivity index (χ0v) is 16.2. The zero-order chi connectivity index (χ0) is 17.9. The van der Waals surface area contributed by atoms with Crippen molar-refractivity contribution in [3.05, 3.63) is 64.1 Å². The van der Waals surface area contributed by atoms with E-state index in [-0.39, 0.29) is 12.3 Å². The molecule has 4 heteroatoms.